The number of rotatable bonds is 9. The van der Waals surface area contributed by atoms with Gasteiger partial charge in [-0.05, 0) is 50.7 Å². The third-order valence-electron chi connectivity index (χ3n) is 6.23. The van der Waals surface area contributed by atoms with Crippen LogP contribution in [0, 0.1) is 0 Å². The fourth-order valence-corrected chi connectivity index (χ4v) is 5.57. The van der Waals surface area contributed by atoms with Crippen molar-refractivity contribution in [2.45, 2.75) is 62.8 Å². The highest BCUT2D eigenvalue weighted by Gasteiger charge is 2.33. The number of sulfonamides is 1. The Morgan fingerprint density at radius 1 is 1.03 bits per heavy atom. The molecule has 1 saturated carbocycles. The van der Waals surface area contributed by atoms with E-state index in [1.165, 1.54) is 36.1 Å². The first kappa shape index (κ1) is 24.6. The summed E-state index contributed by atoms with van der Waals surface area (Å²) < 4.78 is 26.5. The summed E-state index contributed by atoms with van der Waals surface area (Å²) in [5, 5.41) is 3.07. The number of likely N-dealkylation sites (N-methyl/N-ethyl adjacent to an activating group) is 1. The number of nitrogens with zero attached hydrogens (tertiary/aromatic N) is 2. The van der Waals surface area contributed by atoms with Crippen LogP contribution in [0.2, 0.25) is 0 Å². The lowest BCUT2D eigenvalue weighted by Crippen LogP contribution is -2.52. The predicted octanol–water partition coefficient (Wildman–Crippen LogP) is 3.50. The molecule has 0 unspecified atom stereocenters. The lowest BCUT2D eigenvalue weighted by Gasteiger charge is -2.39. The van der Waals surface area contributed by atoms with Gasteiger partial charge in [-0.15, -0.1) is 0 Å². The molecular formula is C23H37N3O3S. The fourth-order valence-electron chi connectivity index (χ4n) is 4.11. The van der Waals surface area contributed by atoms with Gasteiger partial charge < -0.3 is 10.2 Å². The van der Waals surface area contributed by atoms with E-state index in [0.717, 1.165) is 18.4 Å². The molecular weight excluding hydrogens is 398 g/mol. The van der Waals surface area contributed by atoms with Gasteiger partial charge in [0, 0.05) is 31.2 Å². The number of carbonyl (C=O) groups excluding carboxylic acids is 1. The zero-order valence-corrected chi connectivity index (χ0v) is 19.7. The smallest absolute Gasteiger partial charge is 0.244 e. The van der Waals surface area contributed by atoms with Crippen LogP contribution in [-0.2, 0) is 14.8 Å². The number of nitrogens with one attached hydrogen (secondary N) is 1. The first-order chi connectivity index (χ1) is 14.2. The molecule has 0 bridgehead atoms. The number of hydrogen-bond donors (Lipinski definition) is 1. The molecule has 0 spiro atoms. The van der Waals surface area contributed by atoms with Crippen LogP contribution in [-0.4, -0.2) is 62.8 Å². The summed E-state index contributed by atoms with van der Waals surface area (Å²) in [5.74, 6) is -0.125. The van der Waals surface area contributed by atoms with Gasteiger partial charge in [0.2, 0.25) is 15.9 Å². The van der Waals surface area contributed by atoms with Crippen molar-refractivity contribution in [3.63, 3.8) is 0 Å². The van der Waals surface area contributed by atoms with Gasteiger partial charge in [0.25, 0.3) is 0 Å². The van der Waals surface area contributed by atoms with Crippen LogP contribution < -0.4 is 5.32 Å². The summed E-state index contributed by atoms with van der Waals surface area (Å²) in [6, 6.07) is 6.65. The zero-order chi connectivity index (χ0) is 22.2. The minimum atomic E-state index is -3.46. The van der Waals surface area contributed by atoms with Crippen molar-refractivity contribution in [1.82, 2.24) is 14.5 Å². The number of hydrogen-bond acceptors (Lipinski definition) is 4. The van der Waals surface area contributed by atoms with Crippen LogP contribution in [0.15, 0.2) is 35.2 Å². The van der Waals surface area contributed by atoms with Gasteiger partial charge in [0.15, 0.2) is 0 Å². The summed E-state index contributed by atoms with van der Waals surface area (Å²) in [5.41, 5.74) is 0.820. The van der Waals surface area contributed by atoms with E-state index in [2.05, 4.69) is 24.3 Å². The van der Waals surface area contributed by atoms with Gasteiger partial charge >= 0.3 is 0 Å². The molecule has 30 heavy (non-hydrogen) atoms. The second-order valence-corrected chi connectivity index (χ2v) is 10.2. The van der Waals surface area contributed by atoms with Gasteiger partial charge in [0.1, 0.15) is 0 Å². The number of carbonyl (C=O) groups is 1. The van der Waals surface area contributed by atoms with Crippen LogP contribution >= 0.6 is 0 Å². The van der Waals surface area contributed by atoms with E-state index >= 15 is 0 Å². The molecule has 1 amide bonds. The molecule has 1 aromatic carbocycles. The summed E-state index contributed by atoms with van der Waals surface area (Å²) >= 11 is 0. The maximum atomic E-state index is 12.6. The molecule has 0 aliphatic heterocycles. The summed E-state index contributed by atoms with van der Waals surface area (Å²) in [6.07, 6.45) is 10.4. The fraction of sp³-hybridized carbons (Fsp3) is 0.609. The Kier molecular flexibility index (Phi) is 9.07. The van der Waals surface area contributed by atoms with E-state index in [0.29, 0.717) is 19.6 Å². The van der Waals surface area contributed by atoms with E-state index in [9.17, 15) is 13.2 Å². The highest BCUT2D eigenvalue weighted by molar-refractivity contribution is 7.89. The van der Waals surface area contributed by atoms with Crippen molar-refractivity contribution < 1.29 is 13.2 Å². The Morgan fingerprint density at radius 2 is 1.60 bits per heavy atom. The number of amides is 1. The van der Waals surface area contributed by atoms with E-state index < -0.39 is 10.0 Å². The first-order valence-electron chi connectivity index (χ1n) is 11.0. The Balaban J connectivity index is 1.99. The normalized spacial score (nSPS) is 17.4. The molecule has 1 fully saturated rings. The van der Waals surface area contributed by atoms with Crippen molar-refractivity contribution in [1.29, 1.82) is 0 Å². The first-order valence-corrected chi connectivity index (χ1v) is 12.4. The van der Waals surface area contributed by atoms with Gasteiger partial charge in [-0.1, -0.05) is 51.7 Å². The molecule has 1 aliphatic rings. The molecule has 0 heterocycles. The Morgan fingerprint density at radius 3 is 2.10 bits per heavy atom. The van der Waals surface area contributed by atoms with Crippen LogP contribution in [0.3, 0.4) is 0 Å². The molecule has 168 valence electrons. The van der Waals surface area contributed by atoms with Crippen molar-refractivity contribution in [3.05, 3.63) is 35.9 Å². The van der Waals surface area contributed by atoms with Crippen LogP contribution in [0.1, 0.15) is 57.9 Å². The molecule has 1 aliphatic carbocycles. The van der Waals surface area contributed by atoms with Gasteiger partial charge in [-0.25, -0.2) is 8.42 Å². The summed E-state index contributed by atoms with van der Waals surface area (Å²) in [6.45, 7) is 5.17. The van der Waals surface area contributed by atoms with Crippen molar-refractivity contribution in [3.8, 4) is 0 Å². The van der Waals surface area contributed by atoms with Crippen LogP contribution in [0.5, 0.6) is 0 Å². The molecule has 1 N–H and O–H groups in total. The SMILES string of the molecule is CCN(CC)S(=O)(=O)c1ccc(/C=C/C(=O)NCC2(N(C)C)CCCCCC2)cc1. The molecule has 0 saturated heterocycles. The van der Waals surface area contributed by atoms with Crippen LogP contribution in [0.25, 0.3) is 6.08 Å². The van der Waals surface area contributed by atoms with Crippen molar-refractivity contribution in [2.75, 3.05) is 33.7 Å². The Labute approximate surface area is 182 Å². The quantitative estimate of drug-likeness (QED) is 0.476. The Bertz CT molecular complexity index is 805. The molecule has 1 aromatic rings. The zero-order valence-electron chi connectivity index (χ0n) is 18.9. The molecule has 6 nitrogen and oxygen atoms in total. The van der Waals surface area contributed by atoms with E-state index in [1.54, 1.807) is 30.3 Å². The second kappa shape index (κ2) is 11.1. The molecule has 0 aromatic heterocycles. The molecule has 0 atom stereocenters. The molecule has 7 heteroatoms. The van der Waals surface area contributed by atoms with Crippen LogP contribution in [0.4, 0.5) is 0 Å². The van der Waals surface area contributed by atoms with E-state index in [4.69, 9.17) is 0 Å². The highest BCUT2D eigenvalue weighted by atomic mass is 32.2. The topological polar surface area (TPSA) is 69.7 Å². The second-order valence-electron chi connectivity index (χ2n) is 8.24. The highest BCUT2D eigenvalue weighted by Crippen LogP contribution is 2.30. The largest absolute Gasteiger partial charge is 0.351 e. The third kappa shape index (κ3) is 6.15. The van der Waals surface area contributed by atoms with Gasteiger partial charge in [-0.2, -0.15) is 4.31 Å². The minimum Gasteiger partial charge on any atom is -0.351 e. The molecule has 2 rings (SSSR count). The maximum absolute atomic E-state index is 12.6. The number of benzene rings is 1. The average molecular weight is 436 g/mol. The predicted molar refractivity (Wildman–Crippen MR) is 123 cm³/mol. The minimum absolute atomic E-state index is 0.0282. The van der Waals surface area contributed by atoms with E-state index in [-0.39, 0.29) is 16.3 Å². The van der Waals surface area contributed by atoms with Gasteiger partial charge in [0.05, 0.1) is 4.90 Å². The van der Waals surface area contributed by atoms with Gasteiger partial charge in [-0.3, -0.25) is 4.79 Å². The maximum Gasteiger partial charge on any atom is 0.244 e. The lowest BCUT2D eigenvalue weighted by molar-refractivity contribution is -0.117. The standard InChI is InChI=1S/C23H37N3O3S/c1-5-26(6-2)30(28,29)21-14-11-20(12-15-21)13-16-22(27)24-19-23(25(3)4)17-9-7-8-10-18-23/h11-16H,5-10,17-19H2,1-4H3,(H,24,27)/b16-13+. The summed E-state index contributed by atoms with van der Waals surface area (Å²) in [7, 11) is 0.734. The lowest BCUT2D eigenvalue weighted by atomic mass is 9.88. The Hall–Kier alpha value is -1.70. The van der Waals surface area contributed by atoms with Crippen molar-refractivity contribution >= 4 is 22.0 Å². The monoisotopic (exact) mass is 435 g/mol. The summed E-state index contributed by atoms with van der Waals surface area (Å²) in [4.78, 5) is 14.9. The molecule has 0 radical (unpaired) electrons. The third-order valence-corrected chi connectivity index (χ3v) is 8.29. The van der Waals surface area contributed by atoms with E-state index in [1.807, 2.05) is 13.8 Å². The average Bonchev–Trinajstić information content (AvgIpc) is 2.98. The van der Waals surface area contributed by atoms with Crippen molar-refractivity contribution in [2.24, 2.45) is 0 Å².